The lowest BCUT2D eigenvalue weighted by Crippen LogP contribution is -2.41. The van der Waals surface area contributed by atoms with Crippen molar-refractivity contribution in [1.29, 1.82) is 0 Å². The Balaban J connectivity index is 1.57. The van der Waals surface area contributed by atoms with Gasteiger partial charge in [0.15, 0.2) is 5.01 Å². The summed E-state index contributed by atoms with van der Waals surface area (Å²) in [5.41, 5.74) is 0.855. The number of anilines is 2. The van der Waals surface area contributed by atoms with Crippen LogP contribution in [0.2, 0.25) is 0 Å². The van der Waals surface area contributed by atoms with Gasteiger partial charge in [-0.25, -0.2) is 19.7 Å². The zero-order valence-corrected chi connectivity index (χ0v) is 19.4. The molecule has 2 unspecified atom stereocenters. The second-order valence-electron chi connectivity index (χ2n) is 7.89. The van der Waals surface area contributed by atoms with Crippen LogP contribution in [0.15, 0.2) is 36.7 Å². The Bertz CT molecular complexity index is 1270. The fraction of sp³-hybridized carbons (Fsp3) is 0.318. The highest BCUT2D eigenvalue weighted by Crippen LogP contribution is 2.32. The number of amides is 1. The van der Waals surface area contributed by atoms with Crippen LogP contribution < -0.4 is 5.32 Å². The molecule has 13 heteroatoms. The Morgan fingerprint density at radius 2 is 2.03 bits per heavy atom. The number of methoxy groups -OCH3 is 1. The first-order chi connectivity index (χ1) is 16.5. The number of carbonyl (C=O) groups excluding carboxylic acids is 2. The monoisotopic (exact) mass is 507 g/mol. The molecule has 0 spiro atoms. The molecule has 1 aromatic carbocycles. The zero-order valence-electron chi connectivity index (χ0n) is 18.5. The second kappa shape index (κ2) is 9.58. The number of aryl methyl sites for hydroxylation is 1. The average Bonchev–Trinajstić information content (AvgIpc) is 3.44. The number of esters is 1. The Morgan fingerprint density at radius 3 is 2.74 bits per heavy atom. The van der Waals surface area contributed by atoms with Gasteiger partial charge in [-0.15, -0.1) is 11.3 Å². The van der Waals surface area contributed by atoms with Crippen LogP contribution >= 0.6 is 11.3 Å². The number of nitrogens with one attached hydrogen (secondary N) is 1. The number of nitrogens with zero attached hydrogens (tertiary/aromatic N) is 4. The molecule has 1 aliphatic heterocycles. The number of aliphatic hydroxyl groups excluding tert-OH is 1. The van der Waals surface area contributed by atoms with E-state index in [1.54, 1.807) is 19.1 Å². The van der Waals surface area contributed by atoms with Crippen LogP contribution in [-0.2, 0) is 15.7 Å². The SMILES string of the molecule is COC(=O)C1CC(O)CN1C(=O)c1ncc(-c2cc(C)cc(Nc3nccc(C(F)(F)F)n3)c2)s1. The predicted molar refractivity (Wildman–Crippen MR) is 120 cm³/mol. The highest BCUT2D eigenvalue weighted by atomic mass is 32.1. The van der Waals surface area contributed by atoms with Gasteiger partial charge in [0.25, 0.3) is 5.91 Å². The van der Waals surface area contributed by atoms with Crippen LogP contribution in [-0.4, -0.2) is 62.6 Å². The molecule has 35 heavy (non-hydrogen) atoms. The van der Waals surface area contributed by atoms with Gasteiger partial charge in [0.1, 0.15) is 11.7 Å². The number of hydrogen-bond donors (Lipinski definition) is 2. The number of benzene rings is 1. The van der Waals surface area contributed by atoms with Crippen LogP contribution in [0, 0.1) is 6.92 Å². The van der Waals surface area contributed by atoms with Gasteiger partial charge in [-0.1, -0.05) is 6.07 Å². The van der Waals surface area contributed by atoms with Crippen molar-refractivity contribution in [2.24, 2.45) is 0 Å². The molecular weight excluding hydrogens is 487 g/mol. The standard InChI is InChI=1S/C22H20F3N5O4S/c1-11-5-12(7-13(6-11)28-21-26-4-3-17(29-21)22(23,24)25)16-9-27-18(35-16)19(32)30-10-14(31)8-15(30)20(33)34-2/h3-7,9,14-15,31H,8,10H2,1-2H3,(H,26,28,29). The molecule has 0 radical (unpaired) electrons. The summed E-state index contributed by atoms with van der Waals surface area (Å²) in [6.07, 6.45) is -2.84. The lowest BCUT2D eigenvalue weighted by molar-refractivity contribution is -0.145. The Labute approximate surface area is 201 Å². The maximum atomic E-state index is 13.0. The Morgan fingerprint density at radius 1 is 1.26 bits per heavy atom. The maximum Gasteiger partial charge on any atom is 0.433 e. The van der Waals surface area contributed by atoms with E-state index in [0.717, 1.165) is 29.2 Å². The number of β-amino-alcohol motifs (C(OH)–C–C–N with tert-alkyl or cyclic N) is 1. The van der Waals surface area contributed by atoms with E-state index >= 15 is 0 Å². The normalized spacial score (nSPS) is 17.9. The van der Waals surface area contributed by atoms with E-state index in [2.05, 4.69) is 20.3 Å². The third-order valence-corrected chi connectivity index (χ3v) is 6.30. The van der Waals surface area contributed by atoms with Gasteiger partial charge >= 0.3 is 12.1 Å². The molecule has 0 bridgehead atoms. The van der Waals surface area contributed by atoms with Crippen LogP contribution in [0.1, 0.15) is 27.5 Å². The first-order valence-electron chi connectivity index (χ1n) is 10.4. The van der Waals surface area contributed by atoms with E-state index in [1.165, 1.54) is 18.2 Å². The molecule has 3 aromatic rings. The number of aromatic nitrogens is 3. The van der Waals surface area contributed by atoms with E-state index in [-0.39, 0.29) is 23.9 Å². The number of likely N-dealkylation sites (tertiary alicyclic amines) is 1. The molecule has 2 atom stereocenters. The fourth-order valence-electron chi connectivity index (χ4n) is 3.73. The predicted octanol–water partition coefficient (Wildman–Crippen LogP) is 3.42. The summed E-state index contributed by atoms with van der Waals surface area (Å²) in [6.45, 7) is 1.80. The smallest absolute Gasteiger partial charge is 0.433 e. The number of rotatable bonds is 5. The Hall–Kier alpha value is -3.58. The summed E-state index contributed by atoms with van der Waals surface area (Å²) in [6, 6.07) is 5.11. The van der Waals surface area contributed by atoms with Crippen LogP contribution in [0.4, 0.5) is 24.8 Å². The van der Waals surface area contributed by atoms with Crippen molar-refractivity contribution in [3.05, 3.63) is 52.9 Å². The first kappa shape index (κ1) is 24.5. The van der Waals surface area contributed by atoms with Crippen LogP contribution in [0.25, 0.3) is 10.4 Å². The molecule has 1 amide bonds. The fourth-order valence-corrected chi connectivity index (χ4v) is 4.59. The topological polar surface area (TPSA) is 118 Å². The largest absolute Gasteiger partial charge is 0.467 e. The average molecular weight is 507 g/mol. The van der Waals surface area contributed by atoms with E-state index in [0.29, 0.717) is 16.1 Å². The lowest BCUT2D eigenvalue weighted by Gasteiger charge is -2.20. The minimum atomic E-state index is -4.60. The summed E-state index contributed by atoms with van der Waals surface area (Å²) >= 11 is 1.09. The van der Waals surface area contributed by atoms with Gasteiger partial charge in [0, 0.05) is 31.0 Å². The van der Waals surface area contributed by atoms with Crippen molar-refractivity contribution in [3.8, 4) is 10.4 Å². The first-order valence-corrected chi connectivity index (χ1v) is 11.2. The minimum Gasteiger partial charge on any atom is -0.467 e. The highest BCUT2D eigenvalue weighted by Gasteiger charge is 2.40. The summed E-state index contributed by atoms with van der Waals surface area (Å²) in [5, 5.41) is 12.8. The van der Waals surface area contributed by atoms with E-state index < -0.39 is 35.9 Å². The van der Waals surface area contributed by atoms with Crippen molar-refractivity contribution >= 4 is 34.8 Å². The molecular formula is C22H20F3N5O4S. The van der Waals surface area contributed by atoms with Crippen LogP contribution in [0.3, 0.4) is 0 Å². The van der Waals surface area contributed by atoms with E-state index in [4.69, 9.17) is 4.74 Å². The number of halogens is 3. The lowest BCUT2D eigenvalue weighted by atomic mass is 10.1. The summed E-state index contributed by atoms with van der Waals surface area (Å²) in [4.78, 5) is 38.4. The van der Waals surface area contributed by atoms with Gasteiger partial charge in [-0.05, 0) is 36.2 Å². The molecule has 1 aliphatic rings. The Kier molecular flexibility index (Phi) is 6.72. The number of ether oxygens (including phenoxy) is 1. The van der Waals surface area contributed by atoms with Crippen molar-refractivity contribution in [2.75, 3.05) is 19.0 Å². The summed E-state index contributed by atoms with van der Waals surface area (Å²) in [7, 11) is 1.21. The van der Waals surface area contributed by atoms with Gasteiger partial charge in [0.05, 0.1) is 18.1 Å². The summed E-state index contributed by atoms with van der Waals surface area (Å²) < 4.78 is 43.6. The van der Waals surface area contributed by atoms with Gasteiger partial charge in [-0.2, -0.15) is 13.2 Å². The molecule has 0 aliphatic carbocycles. The van der Waals surface area contributed by atoms with E-state index in [9.17, 15) is 27.9 Å². The number of hydrogen-bond acceptors (Lipinski definition) is 9. The third kappa shape index (κ3) is 5.41. The molecule has 2 aromatic heterocycles. The van der Waals surface area contributed by atoms with Crippen LogP contribution in [0.5, 0.6) is 0 Å². The molecule has 0 saturated carbocycles. The molecule has 184 valence electrons. The quantitative estimate of drug-likeness (QED) is 0.505. The van der Waals surface area contributed by atoms with Crippen molar-refractivity contribution < 1.29 is 32.6 Å². The highest BCUT2D eigenvalue weighted by molar-refractivity contribution is 7.17. The zero-order chi connectivity index (χ0) is 25.3. The van der Waals surface area contributed by atoms with Crippen molar-refractivity contribution in [3.63, 3.8) is 0 Å². The molecule has 9 nitrogen and oxygen atoms in total. The number of alkyl halides is 3. The molecule has 1 fully saturated rings. The van der Waals surface area contributed by atoms with E-state index in [1.807, 2.05) is 6.07 Å². The number of thiazole rings is 1. The van der Waals surface area contributed by atoms with Gasteiger partial charge in [0.2, 0.25) is 5.95 Å². The number of aliphatic hydroxyl groups is 1. The summed E-state index contributed by atoms with van der Waals surface area (Å²) in [5.74, 6) is -1.33. The molecule has 4 rings (SSSR count). The minimum absolute atomic E-state index is 0.0109. The third-order valence-electron chi connectivity index (χ3n) is 5.27. The van der Waals surface area contributed by atoms with Crippen molar-refractivity contribution in [2.45, 2.75) is 31.7 Å². The molecule has 3 heterocycles. The molecule has 1 saturated heterocycles. The second-order valence-corrected chi connectivity index (χ2v) is 8.92. The number of carbonyl (C=O) groups is 2. The maximum absolute atomic E-state index is 13.0. The van der Waals surface area contributed by atoms with Crippen molar-refractivity contribution in [1.82, 2.24) is 19.9 Å². The molecule has 2 N–H and O–H groups in total. The van der Waals surface area contributed by atoms with Gasteiger partial charge < -0.3 is 20.1 Å². The van der Waals surface area contributed by atoms with Gasteiger partial charge in [-0.3, -0.25) is 4.79 Å².